The van der Waals surface area contributed by atoms with Crippen molar-refractivity contribution in [1.82, 2.24) is 29.6 Å². The van der Waals surface area contributed by atoms with Gasteiger partial charge in [0.25, 0.3) is 5.91 Å². The number of hydrogen-bond donors (Lipinski definition) is 0. The molecule has 7 nitrogen and oxygen atoms in total. The first-order valence-corrected chi connectivity index (χ1v) is 9.71. The van der Waals surface area contributed by atoms with Gasteiger partial charge < -0.3 is 4.90 Å². The standard InChI is InChI=1S/C18H22N6OS/c1-13(2)15-19-20-18-24(15)21-16(26-18)17(25)23-10-8-22(9-11-23)12-14-6-4-3-5-7-14/h3-7,13H,8-12H2,1-2H3. The third kappa shape index (κ3) is 3.34. The first kappa shape index (κ1) is 17.1. The number of rotatable bonds is 4. The van der Waals surface area contributed by atoms with Crippen LogP contribution in [0.2, 0.25) is 0 Å². The summed E-state index contributed by atoms with van der Waals surface area (Å²) in [4.78, 5) is 17.8. The highest BCUT2D eigenvalue weighted by atomic mass is 32.1. The van der Waals surface area contributed by atoms with Gasteiger partial charge in [0, 0.05) is 38.6 Å². The van der Waals surface area contributed by atoms with Crippen molar-refractivity contribution in [3.8, 4) is 0 Å². The predicted octanol–water partition coefficient (Wildman–Crippen LogP) is 2.27. The van der Waals surface area contributed by atoms with Crippen LogP contribution in [-0.4, -0.2) is 61.7 Å². The molecule has 0 atom stereocenters. The molecule has 1 aliphatic rings. The fourth-order valence-corrected chi connectivity index (χ4v) is 3.98. The van der Waals surface area contributed by atoms with Crippen LogP contribution >= 0.6 is 11.3 Å². The predicted molar refractivity (Wildman–Crippen MR) is 100 cm³/mol. The Morgan fingerprint density at radius 2 is 1.85 bits per heavy atom. The van der Waals surface area contributed by atoms with Gasteiger partial charge in [-0.15, -0.1) is 15.3 Å². The van der Waals surface area contributed by atoms with Gasteiger partial charge in [-0.05, 0) is 5.56 Å². The Kier molecular flexibility index (Phi) is 4.69. The molecule has 2 aromatic heterocycles. The third-order valence-corrected chi connectivity index (χ3v) is 5.51. The fraction of sp³-hybridized carbons (Fsp3) is 0.444. The highest BCUT2D eigenvalue weighted by Gasteiger charge is 2.26. The van der Waals surface area contributed by atoms with Crippen molar-refractivity contribution in [3.05, 3.63) is 46.7 Å². The van der Waals surface area contributed by atoms with Gasteiger partial charge in [-0.2, -0.15) is 4.52 Å². The summed E-state index contributed by atoms with van der Waals surface area (Å²) in [6.45, 7) is 8.22. The van der Waals surface area contributed by atoms with Gasteiger partial charge in [-0.1, -0.05) is 55.5 Å². The number of nitrogens with zero attached hydrogens (tertiary/aromatic N) is 6. The van der Waals surface area contributed by atoms with Crippen LogP contribution < -0.4 is 0 Å². The second kappa shape index (κ2) is 7.13. The summed E-state index contributed by atoms with van der Waals surface area (Å²) in [6.07, 6.45) is 0. The van der Waals surface area contributed by atoms with Gasteiger partial charge in [0.2, 0.25) is 9.97 Å². The number of benzene rings is 1. The summed E-state index contributed by atoms with van der Waals surface area (Å²) in [6, 6.07) is 10.4. The molecular weight excluding hydrogens is 348 g/mol. The number of amides is 1. The van der Waals surface area contributed by atoms with Gasteiger partial charge in [-0.3, -0.25) is 9.69 Å². The van der Waals surface area contributed by atoms with Gasteiger partial charge >= 0.3 is 0 Å². The summed E-state index contributed by atoms with van der Waals surface area (Å²) in [5.74, 6) is 1.01. The number of carbonyl (C=O) groups excluding carboxylic acids is 1. The van der Waals surface area contributed by atoms with E-state index in [1.807, 2.05) is 24.8 Å². The van der Waals surface area contributed by atoms with Crippen molar-refractivity contribution >= 4 is 22.2 Å². The normalized spacial score (nSPS) is 15.9. The van der Waals surface area contributed by atoms with Crippen molar-refractivity contribution in [2.75, 3.05) is 26.2 Å². The maximum Gasteiger partial charge on any atom is 0.284 e. The Morgan fingerprint density at radius 1 is 1.12 bits per heavy atom. The number of hydrogen-bond acceptors (Lipinski definition) is 6. The van der Waals surface area contributed by atoms with Crippen LogP contribution in [0.25, 0.3) is 4.96 Å². The molecule has 26 heavy (non-hydrogen) atoms. The minimum Gasteiger partial charge on any atom is -0.334 e. The van der Waals surface area contributed by atoms with E-state index >= 15 is 0 Å². The smallest absolute Gasteiger partial charge is 0.284 e. The van der Waals surface area contributed by atoms with Gasteiger partial charge in [0.1, 0.15) is 0 Å². The molecule has 0 saturated carbocycles. The molecule has 1 aliphatic heterocycles. The lowest BCUT2D eigenvalue weighted by Crippen LogP contribution is -2.48. The molecule has 0 unspecified atom stereocenters. The van der Waals surface area contributed by atoms with Gasteiger partial charge in [0.15, 0.2) is 5.82 Å². The van der Waals surface area contributed by atoms with E-state index in [0.717, 1.165) is 38.5 Å². The van der Waals surface area contributed by atoms with E-state index in [1.165, 1.54) is 16.9 Å². The monoisotopic (exact) mass is 370 g/mol. The molecule has 0 bridgehead atoms. The number of fused-ring (bicyclic) bond motifs is 1. The molecule has 1 fully saturated rings. The highest BCUT2D eigenvalue weighted by Crippen LogP contribution is 2.20. The minimum absolute atomic E-state index is 0.00503. The number of aromatic nitrogens is 4. The SMILES string of the molecule is CC(C)c1nnc2sc(C(=O)N3CCN(Cc4ccccc4)CC3)nn12. The molecule has 0 aliphatic carbocycles. The largest absolute Gasteiger partial charge is 0.334 e. The zero-order valence-electron chi connectivity index (χ0n) is 15.0. The molecule has 1 saturated heterocycles. The third-order valence-electron chi connectivity index (χ3n) is 4.62. The topological polar surface area (TPSA) is 66.6 Å². The quantitative estimate of drug-likeness (QED) is 0.705. The molecule has 4 rings (SSSR count). The van der Waals surface area contributed by atoms with Gasteiger partial charge in [0.05, 0.1) is 0 Å². The summed E-state index contributed by atoms with van der Waals surface area (Å²) in [5.41, 5.74) is 1.31. The first-order chi connectivity index (χ1) is 12.6. The summed E-state index contributed by atoms with van der Waals surface area (Å²) in [7, 11) is 0. The molecule has 0 N–H and O–H groups in total. The number of carbonyl (C=O) groups is 1. The molecule has 3 aromatic rings. The van der Waals surface area contributed by atoms with Crippen LogP contribution in [0.15, 0.2) is 30.3 Å². The average Bonchev–Trinajstić information content (AvgIpc) is 3.23. The molecule has 136 valence electrons. The summed E-state index contributed by atoms with van der Waals surface area (Å²) < 4.78 is 1.70. The second-order valence-corrected chi connectivity index (χ2v) is 7.82. The van der Waals surface area contributed by atoms with Gasteiger partial charge in [-0.25, -0.2) is 0 Å². The molecular formula is C18H22N6OS. The Hall–Kier alpha value is -2.32. The Labute approximate surface area is 156 Å². The summed E-state index contributed by atoms with van der Waals surface area (Å²) >= 11 is 1.31. The number of piperazine rings is 1. The van der Waals surface area contributed by atoms with Crippen LogP contribution in [0.3, 0.4) is 0 Å². The highest BCUT2D eigenvalue weighted by molar-refractivity contribution is 7.18. The van der Waals surface area contributed by atoms with Crippen LogP contribution in [-0.2, 0) is 6.54 Å². The minimum atomic E-state index is -0.00503. The Bertz CT molecular complexity index is 895. The lowest BCUT2D eigenvalue weighted by atomic mass is 10.2. The summed E-state index contributed by atoms with van der Waals surface area (Å²) in [5, 5.41) is 13.2. The molecule has 1 aromatic carbocycles. The molecule has 0 radical (unpaired) electrons. The molecule has 1 amide bonds. The van der Waals surface area contributed by atoms with E-state index in [4.69, 9.17) is 0 Å². The van der Waals surface area contributed by atoms with E-state index in [-0.39, 0.29) is 11.8 Å². The van der Waals surface area contributed by atoms with Crippen LogP contribution in [0, 0.1) is 0 Å². The molecule has 3 heterocycles. The maximum atomic E-state index is 12.8. The van der Waals surface area contributed by atoms with Crippen LogP contribution in [0.5, 0.6) is 0 Å². The molecule has 8 heteroatoms. The van der Waals surface area contributed by atoms with Crippen molar-refractivity contribution in [2.24, 2.45) is 0 Å². The first-order valence-electron chi connectivity index (χ1n) is 8.89. The van der Waals surface area contributed by atoms with E-state index in [1.54, 1.807) is 4.52 Å². The second-order valence-electron chi connectivity index (χ2n) is 6.87. The fourth-order valence-electron chi connectivity index (χ4n) is 3.16. The van der Waals surface area contributed by atoms with Crippen molar-refractivity contribution in [2.45, 2.75) is 26.3 Å². The van der Waals surface area contributed by atoms with Crippen molar-refractivity contribution < 1.29 is 4.79 Å². The van der Waals surface area contributed by atoms with Crippen molar-refractivity contribution in [3.63, 3.8) is 0 Å². The maximum absolute atomic E-state index is 12.8. The van der Waals surface area contributed by atoms with E-state index in [2.05, 4.69) is 44.5 Å². The van der Waals surface area contributed by atoms with Crippen LogP contribution in [0.1, 0.15) is 41.0 Å². The average molecular weight is 370 g/mol. The lowest BCUT2D eigenvalue weighted by molar-refractivity contribution is 0.0627. The zero-order chi connectivity index (χ0) is 18.1. The van der Waals surface area contributed by atoms with E-state index < -0.39 is 0 Å². The Morgan fingerprint density at radius 3 is 2.54 bits per heavy atom. The van der Waals surface area contributed by atoms with Crippen LogP contribution in [0.4, 0.5) is 0 Å². The van der Waals surface area contributed by atoms with E-state index in [9.17, 15) is 4.79 Å². The lowest BCUT2D eigenvalue weighted by Gasteiger charge is -2.34. The van der Waals surface area contributed by atoms with Crippen molar-refractivity contribution in [1.29, 1.82) is 0 Å². The Balaban J connectivity index is 1.40. The zero-order valence-corrected chi connectivity index (χ0v) is 15.8. The molecule has 0 spiro atoms. The van der Waals surface area contributed by atoms with E-state index in [0.29, 0.717) is 9.97 Å².